The number of halogens is 1. The summed E-state index contributed by atoms with van der Waals surface area (Å²) >= 11 is 6.30. The van der Waals surface area contributed by atoms with E-state index in [4.69, 9.17) is 26.5 Å². The van der Waals surface area contributed by atoms with Gasteiger partial charge in [0.15, 0.2) is 14.4 Å². The highest BCUT2D eigenvalue weighted by molar-refractivity contribution is 6.74. The van der Waals surface area contributed by atoms with Crippen LogP contribution in [0, 0.1) is 0 Å². The number of nitrogens with two attached hydrogens (primary N) is 1. The van der Waals surface area contributed by atoms with Gasteiger partial charge in [0.05, 0.1) is 6.10 Å². The zero-order valence-corrected chi connectivity index (χ0v) is 15.5. The molecule has 0 fully saturated rings. The van der Waals surface area contributed by atoms with Crippen molar-refractivity contribution in [1.29, 1.82) is 0 Å². The van der Waals surface area contributed by atoms with E-state index < -0.39 is 20.5 Å². The smallest absolute Gasteiger partial charge is 0.405 e. The largest absolute Gasteiger partial charge is 0.439 e. The minimum absolute atomic E-state index is 0.0723. The summed E-state index contributed by atoms with van der Waals surface area (Å²) in [5, 5.41) is 0.660. The molecule has 4 nitrogen and oxygen atoms in total. The highest BCUT2D eigenvalue weighted by Gasteiger charge is 2.45. The first-order chi connectivity index (χ1) is 10.0. The first kappa shape index (κ1) is 17.3. The van der Waals surface area contributed by atoms with Crippen LogP contribution in [-0.2, 0) is 15.6 Å². The van der Waals surface area contributed by atoms with Crippen LogP contribution in [0.1, 0.15) is 38.0 Å². The second-order valence-electron chi connectivity index (χ2n) is 7.29. The molecule has 0 aromatic heterocycles. The molecule has 0 bridgehead atoms. The molecule has 2 N–H and O–H groups in total. The summed E-state index contributed by atoms with van der Waals surface area (Å²) in [6, 6.07) is 5.69. The Morgan fingerprint density at radius 2 is 2.00 bits per heavy atom. The Kier molecular flexibility index (Phi) is 4.62. The SMILES string of the molecule is CC(C)(C)[Si](C)(C)OC1Cc2cccc(Cl)c2C1OC(N)=O. The van der Waals surface area contributed by atoms with E-state index in [0.717, 1.165) is 11.1 Å². The summed E-state index contributed by atoms with van der Waals surface area (Å²) < 4.78 is 11.8. The molecule has 122 valence electrons. The van der Waals surface area contributed by atoms with Gasteiger partial charge in [0, 0.05) is 17.0 Å². The van der Waals surface area contributed by atoms with Crippen LogP contribution in [0.15, 0.2) is 18.2 Å². The van der Waals surface area contributed by atoms with E-state index in [2.05, 4.69) is 33.9 Å². The second-order valence-corrected chi connectivity index (χ2v) is 12.5. The molecule has 1 aliphatic carbocycles. The van der Waals surface area contributed by atoms with Gasteiger partial charge in [-0.15, -0.1) is 0 Å². The molecule has 0 spiro atoms. The standard InChI is InChI=1S/C16H24ClNO3Si/c1-16(2,3)22(4,5)21-12-9-10-7-6-8-11(17)13(10)14(12)20-15(18)19/h6-8,12,14H,9H2,1-5H3,(H2,18,19). The maximum Gasteiger partial charge on any atom is 0.405 e. The lowest BCUT2D eigenvalue weighted by Gasteiger charge is -2.39. The highest BCUT2D eigenvalue weighted by atomic mass is 35.5. The van der Waals surface area contributed by atoms with Gasteiger partial charge in [-0.1, -0.05) is 44.5 Å². The van der Waals surface area contributed by atoms with Crippen molar-refractivity contribution in [3.05, 3.63) is 34.3 Å². The molecule has 2 rings (SSSR count). The van der Waals surface area contributed by atoms with E-state index in [9.17, 15) is 4.79 Å². The van der Waals surface area contributed by atoms with Gasteiger partial charge in [-0.2, -0.15) is 0 Å². The molecule has 1 aliphatic rings. The minimum atomic E-state index is -1.99. The van der Waals surface area contributed by atoms with Crippen molar-refractivity contribution >= 4 is 26.0 Å². The van der Waals surface area contributed by atoms with E-state index in [-0.39, 0.29) is 11.1 Å². The third-order valence-electron chi connectivity index (χ3n) is 4.68. The molecule has 0 radical (unpaired) electrons. The third kappa shape index (κ3) is 3.31. The Morgan fingerprint density at radius 1 is 1.36 bits per heavy atom. The molecule has 0 saturated carbocycles. The van der Waals surface area contributed by atoms with Crippen LogP contribution in [0.2, 0.25) is 23.2 Å². The maximum atomic E-state index is 11.3. The molecule has 2 atom stereocenters. The van der Waals surface area contributed by atoms with Crippen LogP contribution in [0.5, 0.6) is 0 Å². The predicted molar refractivity (Wildman–Crippen MR) is 90.6 cm³/mol. The van der Waals surface area contributed by atoms with Crippen molar-refractivity contribution in [3.63, 3.8) is 0 Å². The molecule has 0 saturated heterocycles. The zero-order chi connectivity index (χ0) is 16.7. The van der Waals surface area contributed by atoms with Gasteiger partial charge in [-0.25, -0.2) is 4.79 Å². The second kappa shape index (κ2) is 5.87. The van der Waals surface area contributed by atoms with Crippen LogP contribution in [0.25, 0.3) is 0 Å². The number of carbonyl (C=O) groups excluding carboxylic acids is 1. The summed E-state index contributed by atoms with van der Waals surface area (Å²) in [6.45, 7) is 10.9. The molecule has 1 aromatic rings. The Labute approximate surface area is 138 Å². The summed E-state index contributed by atoms with van der Waals surface area (Å²) in [5.41, 5.74) is 7.13. The lowest BCUT2D eigenvalue weighted by molar-refractivity contribution is 0.0233. The number of hydrogen-bond acceptors (Lipinski definition) is 3. The topological polar surface area (TPSA) is 61.6 Å². The van der Waals surface area contributed by atoms with Crippen molar-refractivity contribution in [2.45, 2.75) is 57.5 Å². The van der Waals surface area contributed by atoms with Gasteiger partial charge in [0.2, 0.25) is 0 Å². The molecule has 6 heteroatoms. The number of benzene rings is 1. The van der Waals surface area contributed by atoms with Crippen LogP contribution in [-0.4, -0.2) is 20.5 Å². The fraction of sp³-hybridized carbons (Fsp3) is 0.562. The fourth-order valence-electron chi connectivity index (χ4n) is 2.51. The van der Waals surface area contributed by atoms with E-state index in [1.807, 2.05) is 12.1 Å². The van der Waals surface area contributed by atoms with Crippen LogP contribution in [0.4, 0.5) is 4.79 Å². The fourth-order valence-corrected chi connectivity index (χ4v) is 4.13. The highest BCUT2D eigenvalue weighted by Crippen LogP contribution is 2.45. The molecule has 22 heavy (non-hydrogen) atoms. The van der Waals surface area contributed by atoms with Gasteiger partial charge >= 0.3 is 6.09 Å². The monoisotopic (exact) mass is 341 g/mol. The number of primary amides is 1. The number of carbonyl (C=O) groups is 1. The summed E-state index contributed by atoms with van der Waals surface area (Å²) in [4.78, 5) is 11.3. The Hall–Kier alpha value is -1.04. The summed E-state index contributed by atoms with van der Waals surface area (Å²) in [7, 11) is -1.99. The average Bonchev–Trinajstić information content (AvgIpc) is 2.65. The van der Waals surface area contributed by atoms with Crippen molar-refractivity contribution in [1.82, 2.24) is 0 Å². The number of ether oxygens (including phenoxy) is 1. The molecular formula is C16H24ClNO3Si. The minimum Gasteiger partial charge on any atom is -0.439 e. The molecule has 1 aromatic carbocycles. The lowest BCUT2D eigenvalue weighted by Crippen LogP contribution is -2.45. The lowest BCUT2D eigenvalue weighted by atomic mass is 10.1. The summed E-state index contributed by atoms with van der Waals surface area (Å²) in [5.74, 6) is 0. The average molecular weight is 342 g/mol. The van der Waals surface area contributed by atoms with Crippen molar-refractivity contribution in [3.8, 4) is 0 Å². The Balaban J connectivity index is 2.33. The van der Waals surface area contributed by atoms with E-state index in [1.54, 1.807) is 6.07 Å². The normalized spacial score (nSPS) is 21.5. The van der Waals surface area contributed by atoms with Gasteiger partial charge in [0.1, 0.15) is 0 Å². The van der Waals surface area contributed by atoms with Gasteiger partial charge in [0.25, 0.3) is 0 Å². The molecule has 0 aliphatic heterocycles. The Morgan fingerprint density at radius 3 is 2.55 bits per heavy atom. The molecule has 0 heterocycles. The van der Waals surface area contributed by atoms with E-state index >= 15 is 0 Å². The number of amides is 1. The number of hydrogen-bond donors (Lipinski definition) is 1. The first-order valence-corrected chi connectivity index (χ1v) is 10.7. The van der Waals surface area contributed by atoms with Crippen LogP contribution in [0.3, 0.4) is 0 Å². The number of rotatable bonds is 3. The molecule has 1 amide bonds. The number of fused-ring (bicyclic) bond motifs is 1. The van der Waals surface area contributed by atoms with E-state index in [1.165, 1.54) is 0 Å². The zero-order valence-electron chi connectivity index (χ0n) is 13.8. The van der Waals surface area contributed by atoms with Gasteiger partial charge < -0.3 is 14.9 Å². The van der Waals surface area contributed by atoms with Crippen molar-refractivity contribution in [2.24, 2.45) is 5.73 Å². The van der Waals surface area contributed by atoms with Crippen LogP contribution >= 0.6 is 11.6 Å². The first-order valence-electron chi connectivity index (χ1n) is 7.44. The molecule has 2 unspecified atom stereocenters. The van der Waals surface area contributed by atoms with Crippen LogP contribution < -0.4 is 5.73 Å². The van der Waals surface area contributed by atoms with Gasteiger partial charge in [-0.3, -0.25) is 0 Å². The molecular weight excluding hydrogens is 318 g/mol. The third-order valence-corrected chi connectivity index (χ3v) is 9.52. The predicted octanol–water partition coefficient (Wildman–Crippen LogP) is 4.42. The quantitative estimate of drug-likeness (QED) is 0.827. The van der Waals surface area contributed by atoms with Crippen molar-refractivity contribution in [2.75, 3.05) is 0 Å². The van der Waals surface area contributed by atoms with Gasteiger partial charge in [-0.05, 0) is 29.8 Å². The maximum absolute atomic E-state index is 11.3. The van der Waals surface area contributed by atoms with E-state index in [0.29, 0.717) is 11.4 Å². The van der Waals surface area contributed by atoms with Crippen molar-refractivity contribution < 1.29 is 14.0 Å². The Bertz CT molecular complexity index is 583. The summed E-state index contributed by atoms with van der Waals surface area (Å²) in [6.07, 6.45) is -0.888.